The highest BCUT2D eigenvalue weighted by Crippen LogP contribution is 2.54. The number of nitrogens with one attached hydrogen (secondary N) is 1. The summed E-state index contributed by atoms with van der Waals surface area (Å²) in [7, 11) is 3.46. The number of aromatic hydroxyl groups is 1. The molecule has 1 amide bonds. The van der Waals surface area contributed by atoms with Crippen LogP contribution in [-0.4, -0.2) is 57.6 Å². The molecule has 0 radical (unpaired) electrons. The van der Waals surface area contributed by atoms with E-state index in [1.54, 1.807) is 25.1 Å². The minimum absolute atomic E-state index is 0.0156. The second kappa shape index (κ2) is 9.33. The van der Waals surface area contributed by atoms with Gasteiger partial charge in [0.25, 0.3) is 5.91 Å². The zero-order valence-corrected chi connectivity index (χ0v) is 21.6. The van der Waals surface area contributed by atoms with Gasteiger partial charge < -0.3 is 36.4 Å². The third kappa shape index (κ3) is 3.98. The first-order valence-corrected chi connectivity index (χ1v) is 12.5. The van der Waals surface area contributed by atoms with E-state index in [1.807, 2.05) is 0 Å². The van der Waals surface area contributed by atoms with Crippen molar-refractivity contribution in [2.24, 2.45) is 17.6 Å². The van der Waals surface area contributed by atoms with Crippen molar-refractivity contribution in [1.29, 1.82) is 0 Å². The summed E-state index contributed by atoms with van der Waals surface area (Å²) in [5.74, 6) is -8.69. The maximum Gasteiger partial charge on any atom is 0.255 e. The zero-order chi connectivity index (χ0) is 29.3. The number of benzene rings is 2. The Morgan fingerprint density at radius 2 is 1.75 bits per heavy atom. The molecule has 0 heterocycles. The SMILES string of the molecule is CN(C)c1cc(NCc2cc(F)cc(F)c2)c(O)c2c1C[C@H]1C[C@H]3CC(=O)C(C(N)=O)=C(O)[C@@]3(O)C(=O)C1=C2O. The Labute approximate surface area is 227 Å². The van der Waals surface area contributed by atoms with Gasteiger partial charge in [-0.1, -0.05) is 0 Å². The molecule has 40 heavy (non-hydrogen) atoms. The number of fused-ring (bicyclic) bond motifs is 3. The smallest absolute Gasteiger partial charge is 0.255 e. The number of phenols is 1. The van der Waals surface area contributed by atoms with Crippen molar-refractivity contribution in [2.45, 2.75) is 31.4 Å². The molecular formula is C28H27F2N3O7. The quantitative estimate of drug-likeness (QED) is 0.239. The molecule has 0 bridgehead atoms. The number of primary amides is 1. The van der Waals surface area contributed by atoms with Gasteiger partial charge in [-0.2, -0.15) is 0 Å². The number of anilines is 2. The summed E-state index contributed by atoms with van der Waals surface area (Å²) in [6, 6.07) is 4.57. The number of rotatable bonds is 5. The molecule has 3 aliphatic rings. The van der Waals surface area contributed by atoms with Crippen molar-refractivity contribution < 1.29 is 43.6 Å². The molecule has 210 valence electrons. The summed E-state index contributed by atoms with van der Waals surface area (Å²) in [5, 5.41) is 47.6. The number of hydrogen-bond donors (Lipinski definition) is 6. The number of carbonyl (C=O) groups excluding carboxylic acids is 3. The molecule has 2 aromatic carbocycles. The van der Waals surface area contributed by atoms with Crippen molar-refractivity contribution in [3.05, 3.63) is 69.5 Å². The maximum absolute atomic E-state index is 13.7. The van der Waals surface area contributed by atoms with E-state index in [1.165, 1.54) is 0 Å². The average Bonchev–Trinajstić information content (AvgIpc) is 2.84. The normalized spacial score (nSPS) is 23.9. The van der Waals surface area contributed by atoms with Crippen LogP contribution in [0.1, 0.15) is 29.5 Å². The lowest BCUT2D eigenvalue weighted by atomic mass is 9.59. The van der Waals surface area contributed by atoms with Crippen LogP contribution in [0.4, 0.5) is 20.2 Å². The first kappa shape index (κ1) is 27.1. The summed E-state index contributed by atoms with van der Waals surface area (Å²) in [4.78, 5) is 39.7. The topological polar surface area (TPSA) is 173 Å². The molecule has 0 aromatic heterocycles. The highest BCUT2D eigenvalue weighted by molar-refractivity contribution is 6.22. The van der Waals surface area contributed by atoms with Gasteiger partial charge in [0.05, 0.1) is 11.3 Å². The molecule has 3 atom stereocenters. The predicted molar refractivity (Wildman–Crippen MR) is 139 cm³/mol. The van der Waals surface area contributed by atoms with E-state index < -0.39 is 75.8 Å². The van der Waals surface area contributed by atoms with Gasteiger partial charge in [-0.15, -0.1) is 0 Å². The largest absolute Gasteiger partial charge is 0.508 e. The minimum Gasteiger partial charge on any atom is -0.508 e. The first-order valence-electron chi connectivity index (χ1n) is 12.5. The summed E-state index contributed by atoms with van der Waals surface area (Å²) in [6.45, 7) is -0.0865. The van der Waals surface area contributed by atoms with E-state index in [0.29, 0.717) is 11.3 Å². The molecule has 10 nitrogen and oxygen atoms in total. The molecule has 3 aliphatic carbocycles. The number of phenolic OH excluding ortho intramolecular Hbond substituents is 1. The Morgan fingerprint density at radius 1 is 1.10 bits per heavy atom. The molecule has 1 fully saturated rings. The van der Waals surface area contributed by atoms with Gasteiger partial charge in [0.15, 0.2) is 11.4 Å². The third-order valence-electron chi connectivity index (χ3n) is 7.93. The molecule has 0 aliphatic heterocycles. The molecule has 7 N–H and O–H groups in total. The monoisotopic (exact) mass is 555 g/mol. The van der Waals surface area contributed by atoms with Gasteiger partial charge in [-0.05, 0) is 48.1 Å². The van der Waals surface area contributed by atoms with Crippen LogP contribution in [0.15, 0.2) is 41.2 Å². The fourth-order valence-electron chi connectivity index (χ4n) is 6.11. The van der Waals surface area contributed by atoms with E-state index >= 15 is 0 Å². The summed E-state index contributed by atoms with van der Waals surface area (Å²) in [6.07, 6.45) is -0.246. The van der Waals surface area contributed by atoms with Crippen LogP contribution >= 0.6 is 0 Å². The van der Waals surface area contributed by atoms with Gasteiger partial charge in [0.1, 0.15) is 34.5 Å². The second-order valence-corrected chi connectivity index (χ2v) is 10.6. The molecule has 0 saturated heterocycles. The van der Waals surface area contributed by atoms with E-state index in [-0.39, 0.29) is 41.8 Å². The van der Waals surface area contributed by atoms with Gasteiger partial charge >= 0.3 is 0 Å². The van der Waals surface area contributed by atoms with Crippen LogP contribution in [0.25, 0.3) is 5.76 Å². The summed E-state index contributed by atoms with van der Waals surface area (Å²) >= 11 is 0. The van der Waals surface area contributed by atoms with Crippen molar-refractivity contribution >= 4 is 34.6 Å². The second-order valence-electron chi connectivity index (χ2n) is 10.6. The number of aliphatic hydroxyl groups excluding tert-OH is 2. The molecule has 0 spiro atoms. The third-order valence-corrected chi connectivity index (χ3v) is 7.93. The zero-order valence-electron chi connectivity index (χ0n) is 21.6. The van der Waals surface area contributed by atoms with Crippen LogP contribution in [0, 0.1) is 23.5 Å². The van der Waals surface area contributed by atoms with Crippen LogP contribution < -0.4 is 16.0 Å². The van der Waals surface area contributed by atoms with E-state index in [2.05, 4.69) is 5.32 Å². The molecule has 5 rings (SSSR count). The summed E-state index contributed by atoms with van der Waals surface area (Å²) < 4.78 is 27.3. The fraction of sp³-hybridized carbons (Fsp3) is 0.321. The highest BCUT2D eigenvalue weighted by Gasteiger charge is 2.60. The predicted octanol–water partition coefficient (Wildman–Crippen LogP) is 2.38. The van der Waals surface area contributed by atoms with Gasteiger partial charge in [-0.25, -0.2) is 8.78 Å². The maximum atomic E-state index is 13.7. The molecule has 2 aromatic rings. The Kier molecular flexibility index (Phi) is 6.33. The van der Waals surface area contributed by atoms with E-state index in [0.717, 1.165) is 18.2 Å². The minimum atomic E-state index is -2.66. The Morgan fingerprint density at radius 3 is 2.35 bits per heavy atom. The average molecular weight is 556 g/mol. The first-order chi connectivity index (χ1) is 18.7. The van der Waals surface area contributed by atoms with Gasteiger partial charge in [0, 0.05) is 50.3 Å². The number of carbonyl (C=O) groups is 3. The Bertz CT molecular complexity index is 1550. The van der Waals surface area contributed by atoms with Crippen molar-refractivity contribution in [1.82, 2.24) is 0 Å². The van der Waals surface area contributed by atoms with Crippen LogP contribution in [-0.2, 0) is 27.3 Å². The van der Waals surface area contributed by atoms with Crippen molar-refractivity contribution in [3.63, 3.8) is 0 Å². The number of amides is 1. The van der Waals surface area contributed by atoms with Crippen LogP contribution in [0.2, 0.25) is 0 Å². The molecule has 1 saturated carbocycles. The lowest BCUT2D eigenvalue weighted by Gasteiger charge is -2.46. The van der Waals surface area contributed by atoms with E-state index in [9.17, 15) is 43.6 Å². The fourth-order valence-corrected chi connectivity index (χ4v) is 6.11. The molecular weight excluding hydrogens is 528 g/mol. The number of Topliss-reactive ketones (excluding diaryl/α,β-unsaturated/α-hetero) is 2. The van der Waals surface area contributed by atoms with Crippen molar-refractivity contribution in [2.75, 3.05) is 24.3 Å². The van der Waals surface area contributed by atoms with Gasteiger partial charge in [0.2, 0.25) is 5.78 Å². The Balaban J connectivity index is 1.63. The van der Waals surface area contributed by atoms with Crippen molar-refractivity contribution in [3.8, 4) is 5.75 Å². The summed E-state index contributed by atoms with van der Waals surface area (Å²) in [5.41, 5.74) is 2.75. The molecule has 0 unspecified atom stereocenters. The number of halogens is 2. The number of hydrogen-bond acceptors (Lipinski definition) is 9. The standard InChI is InChI=1S/C28H27F2N3O7/c1-33(2)18-9-17(32-10-11-3-14(29)8-15(30)4-11)23(35)21-16(18)6-12-5-13-7-19(34)22(27(31)39)26(38)28(13,40)25(37)20(12)24(21)36/h3-4,8-9,12-13,32,35-36,38,40H,5-7,10H2,1-2H3,(H2,31,39)/t12-,13+,28+/m1/s1. The van der Waals surface area contributed by atoms with Crippen LogP contribution in [0.3, 0.4) is 0 Å². The lowest BCUT2D eigenvalue weighted by Crippen LogP contribution is -2.58. The Hall–Kier alpha value is -4.45. The van der Waals surface area contributed by atoms with E-state index in [4.69, 9.17) is 5.73 Å². The number of ketones is 2. The number of aliphatic hydroxyl groups is 3. The number of nitrogens with two attached hydrogens (primary N) is 1. The number of nitrogens with zero attached hydrogens (tertiary/aromatic N) is 1. The molecule has 12 heteroatoms. The van der Waals surface area contributed by atoms with Crippen LogP contribution in [0.5, 0.6) is 5.75 Å². The highest BCUT2D eigenvalue weighted by atomic mass is 19.1. The van der Waals surface area contributed by atoms with Gasteiger partial charge in [-0.3, -0.25) is 14.4 Å². The lowest BCUT2D eigenvalue weighted by molar-refractivity contribution is -0.147.